The molecule has 1 aliphatic rings. The number of hydrogen-bond acceptors (Lipinski definition) is 4. The van der Waals surface area contributed by atoms with Crippen LogP contribution in [0.3, 0.4) is 0 Å². The molecule has 1 saturated heterocycles. The van der Waals surface area contributed by atoms with Crippen LogP contribution in [0.4, 0.5) is 0 Å². The minimum Gasteiger partial charge on any atom is -0.337 e. The molecular weight excluding hydrogens is 340 g/mol. The Bertz CT molecular complexity index is 861. The third-order valence-corrected chi connectivity index (χ3v) is 6.35. The molecule has 1 aromatic carbocycles. The van der Waals surface area contributed by atoms with Gasteiger partial charge in [0.15, 0.2) is 0 Å². The Morgan fingerprint density at radius 2 is 1.80 bits per heavy atom. The molecule has 0 atom stereocenters. The molecule has 1 fully saturated rings. The Labute approximate surface area is 147 Å². The third-order valence-electron chi connectivity index (χ3n) is 4.35. The number of hydrogen-bond donors (Lipinski definition) is 0. The topological polar surface area (TPSA) is 75.5 Å². The van der Waals surface area contributed by atoms with E-state index < -0.39 is 10.0 Å². The highest BCUT2D eigenvalue weighted by Gasteiger charge is 2.30. The van der Waals surface area contributed by atoms with Crippen molar-refractivity contribution in [3.05, 3.63) is 47.8 Å². The quantitative estimate of drug-likeness (QED) is 0.824. The first-order valence-electron chi connectivity index (χ1n) is 8.24. The van der Waals surface area contributed by atoms with Crippen LogP contribution < -0.4 is 0 Å². The zero-order valence-corrected chi connectivity index (χ0v) is 15.2. The smallest absolute Gasteiger partial charge is 0.253 e. The summed E-state index contributed by atoms with van der Waals surface area (Å²) in [7, 11) is -1.89. The molecule has 25 heavy (non-hydrogen) atoms. The SMILES string of the molecule is Cc1nn(C)cc1S(=O)(=O)N1CCCN(C(=O)c2ccccc2)CC1. The van der Waals surface area contributed by atoms with Gasteiger partial charge in [-0.1, -0.05) is 18.2 Å². The molecule has 1 amide bonds. The van der Waals surface area contributed by atoms with Gasteiger partial charge in [0.2, 0.25) is 10.0 Å². The molecule has 1 aliphatic heterocycles. The van der Waals surface area contributed by atoms with Crippen LogP contribution in [0.5, 0.6) is 0 Å². The molecule has 0 aliphatic carbocycles. The Morgan fingerprint density at radius 1 is 1.08 bits per heavy atom. The predicted molar refractivity (Wildman–Crippen MR) is 93.7 cm³/mol. The van der Waals surface area contributed by atoms with Gasteiger partial charge in [-0.05, 0) is 25.5 Å². The average Bonchev–Trinajstić information content (AvgIpc) is 2.80. The number of nitrogens with zero attached hydrogens (tertiary/aromatic N) is 4. The summed E-state index contributed by atoms with van der Waals surface area (Å²) in [6.45, 7) is 3.30. The van der Waals surface area contributed by atoms with Gasteiger partial charge in [0, 0.05) is 45.0 Å². The second kappa shape index (κ2) is 6.97. The van der Waals surface area contributed by atoms with Gasteiger partial charge in [-0.25, -0.2) is 8.42 Å². The lowest BCUT2D eigenvalue weighted by Crippen LogP contribution is -2.37. The van der Waals surface area contributed by atoms with E-state index in [9.17, 15) is 13.2 Å². The van der Waals surface area contributed by atoms with Crippen molar-refractivity contribution in [2.24, 2.45) is 7.05 Å². The van der Waals surface area contributed by atoms with Crippen molar-refractivity contribution in [1.29, 1.82) is 0 Å². The zero-order chi connectivity index (χ0) is 18.0. The van der Waals surface area contributed by atoms with Gasteiger partial charge in [-0.3, -0.25) is 9.48 Å². The summed E-state index contributed by atoms with van der Waals surface area (Å²) in [6.07, 6.45) is 2.14. The van der Waals surface area contributed by atoms with Crippen LogP contribution in [0, 0.1) is 6.92 Å². The number of benzene rings is 1. The highest BCUT2D eigenvalue weighted by molar-refractivity contribution is 7.89. The van der Waals surface area contributed by atoms with Crippen LogP contribution in [-0.4, -0.2) is 59.5 Å². The fourth-order valence-corrected chi connectivity index (χ4v) is 4.74. The van der Waals surface area contributed by atoms with E-state index in [4.69, 9.17) is 0 Å². The van der Waals surface area contributed by atoms with Crippen molar-refractivity contribution in [2.75, 3.05) is 26.2 Å². The lowest BCUT2D eigenvalue weighted by atomic mass is 10.2. The molecule has 0 N–H and O–H groups in total. The van der Waals surface area contributed by atoms with E-state index in [2.05, 4.69) is 5.10 Å². The van der Waals surface area contributed by atoms with Crippen LogP contribution in [0.15, 0.2) is 41.4 Å². The molecule has 134 valence electrons. The maximum atomic E-state index is 12.9. The summed E-state index contributed by atoms with van der Waals surface area (Å²) in [5, 5.41) is 4.12. The second-order valence-electron chi connectivity index (χ2n) is 6.17. The molecule has 3 rings (SSSR count). The van der Waals surface area contributed by atoms with Crippen molar-refractivity contribution in [2.45, 2.75) is 18.2 Å². The van der Waals surface area contributed by atoms with Crippen LogP contribution in [0.1, 0.15) is 22.5 Å². The third kappa shape index (κ3) is 3.59. The highest BCUT2D eigenvalue weighted by Crippen LogP contribution is 2.20. The number of aromatic nitrogens is 2. The summed E-state index contributed by atoms with van der Waals surface area (Å²) >= 11 is 0. The number of sulfonamides is 1. The van der Waals surface area contributed by atoms with E-state index in [-0.39, 0.29) is 17.3 Å². The van der Waals surface area contributed by atoms with Gasteiger partial charge in [0.25, 0.3) is 5.91 Å². The van der Waals surface area contributed by atoms with Crippen LogP contribution in [-0.2, 0) is 17.1 Å². The number of rotatable bonds is 3. The van der Waals surface area contributed by atoms with E-state index in [1.54, 1.807) is 31.0 Å². The summed E-state index contributed by atoms with van der Waals surface area (Å²) in [5.74, 6) is -0.0580. The summed E-state index contributed by atoms with van der Waals surface area (Å²) in [4.78, 5) is 14.5. The van der Waals surface area contributed by atoms with Gasteiger partial charge in [-0.2, -0.15) is 9.40 Å². The molecule has 0 unspecified atom stereocenters. The molecule has 7 nitrogen and oxygen atoms in total. The summed E-state index contributed by atoms with van der Waals surface area (Å²) in [6, 6.07) is 9.07. The van der Waals surface area contributed by atoms with E-state index >= 15 is 0 Å². The van der Waals surface area contributed by atoms with Gasteiger partial charge < -0.3 is 4.90 Å². The monoisotopic (exact) mass is 362 g/mol. The first-order chi connectivity index (χ1) is 11.9. The van der Waals surface area contributed by atoms with Crippen LogP contribution in [0.25, 0.3) is 0 Å². The fraction of sp³-hybridized carbons (Fsp3) is 0.412. The maximum Gasteiger partial charge on any atom is 0.253 e. The number of amides is 1. The zero-order valence-electron chi connectivity index (χ0n) is 14.4. The summed E-state index contributed by atoms with van der Waals surface area (Å²) in [5.41, 5.74) is 1.12. The first-order valence-corrected chi connectivity index (χ1v) is 9.68. The number of carbonyl (C=O) groups is 1. The lowest BCUT2D eigenvalue weighted by Gasteiger charge is -2.21. The van der Waals surface area contributed by atoms with E-state index in [0.29, 0.717) is 37.3 Å². The molecule has 0 spiro atoms. The van der Waals surface area contributed by atoms with Crippen LogP contribution in [0.2, 0.25) is 0 Å². The molecule has 2 heterocycles. The van der Waals surface area contributed by atoms with Crippen LogP contribution >= 0.6 is 0 Å². The number of aryl methyl sites for hydroxylation is 2. The normalized spacial score (nSPS) is 16.6. The lowest BCUT2D eigenvalue weighted by molar-refractivity contribution is 0.0764. The van der Waals surface area contributed by atoms with Crippen molar-refractivity contribution in [3.8, 4) is 0 Å². The molecule has 0 saturated carbocycles. The minimum atomic E-state index is -3.60. The minimum absolute atomic E-state index is 0.0580. The van der Waals surface area contributed by atoms with Crippen molar-refractivity contribution in [1.82, 2.24) is 19.0 Å². The van der Waals surface area contributed by atoms with Crippen molar-refractivity contribution >= 4 is 15.9 Å². The molecule has 0 bridgehead atoms. The molecule has 8 heteroatoms. The Kier molecular flexibility index (Phi) is 4.91. The van der Waals surface area contributed by atoms with Crippen molar-refractivity contribution in [3.63, 3.8) is 0 Å². The Hall–Kier alpha value is -2.19. The largest absolute Gasteiger partial charge is 0.337 e. The molecular formula is C17H22N4O3S. The maximum absolute atomic E-state index is 12.9. The number of carbonyl (C=O) groups excluding carboxylic acids is 1. The standard InChI is InChI=1S/C17H22N4O3S/c1-14-16(13-19(2)18-14)25(23,24)21-10-6-9-20(11-12-21)17(22)15-7-4-3-5-8-15/h3-5,7-8,13H,6,9-12H2,1-2H3. The molecule has 2 aromatic rings. The van der Waals surface area contributed by atoms with Gasteiger partial charge in [0.1, 0.15) is 4.90 Å². The fourth-order valence-electron chi connectivity index (χ4n) is 3.07. The first kappa shape index (κ1) is 17.6. The van der Waals surface area contributed by atoms with E-state index in [1.165, 1.54) is 15.2 Å². The second-order valence-corrected chi connectivity index (χ2v) is 8.07. The summed E-state index contributed by atoms with van der Waals surface area (Å²) < 4.78 is 28.7. The highest BCUT2D eigenvalue weighted by atomic mass is 32.2. The van der Waals surface area contributed by atoms with Gasteiger partial charge in [-0.15, -0.1) is 0 Å². The Morgan fingerprint density at radius 3 is 2.44 bits per heavy atom. The van der Waals surface area contributed by atoms with Crippen molar-refractivity contribution < 1.29 is 13.2 Å². The predicted octanol–water partition coefficient (Wildman–Crippen LogP) is 1.27. The van der Waals surface area contributed by atoms with Gasteiger partial charge in [0.05, 0.1) is 5.69 Å². The molecule has 0 radical (unpaired) electrons. The van der Waals surface area contributed by atoms with E-state index in [1.807, 2.05) is 18.2 Å². The average molecular weight is 362 g/mol. The van der Waals surface area contributed by atoms with Gasteiger partial charge >= 0.3 is 0 Å². The molecule has 1 aromatic heterocycles. The Balaban J connectivity index is 1.75. The van der Waals surface area contributed by atoms with E-state index in [0.717, 1.165) is 0 Å².